The van der Waals surface area contributed by atoms with Crippen LogP contribution in [0.2, 0.25) is 23.7 Å². The Hall–Kier alpha value is -2.56. The van der Waals surface area contributed by atoms with E-state index in [0.29, 0.717) is 29.4 Å². The van der Waals surface area contributed by atoms with Crippen LogP contribution in [0.25, 0.3) is 0 Å². The van der Waals surface area contributed by atoms with E-state index in [2.05, 4.69) is 15.6 Å². The Morgan fingerprint density at radius 3 is 2.69 bits per heavy atom. The summed E-state index contributed by atoms with van der Waals surface area (Å²) in [5.74, 6) is -0.710. The number of aromatic nitrogens is 3. The molecule has 10 heteroatoms. The lowest BCUT2D eigenvalue weighted by atomic mass is 9.82. The third-order valence-corrected chi connectivity index (χ3v) is 10.4. The SMILES string of the molecule is C[C@@H]1[C@@H]([Si](C)(C)O)[C@H](CCn2cc(C(CO)c3ccccc3)nn2)O[C@@]12C(=O)Nc1ccc(Cl)cc12. The first kappa shape index (κ1) is 25.1. The van der Waals surface area contributed by atoms with Gasteiger partial charge in [0.05, 0.1) is 24.3 Å². The smallest absolute Gasteiger partial charge is 0.261 e. The third kappa shape index (κ3) is 4.18. The van der Waals surface area contributed by atoms with Gasteiger partial charge in [0.1, 0.15) is 0 Å². The lowest BCUT2D eigenvalue weighted by Gasteiger charge is -2.32. The average Bonchev–Trinajstić information content (AvgIpc) is 3.50. The summed E-state index contributed by atoms with van der Waals surface area (Å²) in [5.41, 5.74) is 1.73. The predicted molar refractivity (Wildman–Crippen MR) is 139 cm³/mol. The molecule has 1 amide bonds. The van der Waals surface area contributed by atoms with Gasteiger partial charge in [-0.05, 0) is 43.3 Å². The van der Waals surface area contributed by atoms with Gasteiger partial charge in [0.2, 0.25) is 0 Å². The summed E-state index contributed by atoms with van der Waals surface area (Å²) in [6, 6.07) is 15.1. The fourth-order valence-corrected chi connectivity index (χ4v) is 8.81. The molecule has 1 aromatic heterocycles. The van der Waals surface area contributed by atoms with E-state index in [0.717, 1.165) is 11.1 Å². The average molecular weight is 527 g/mol. The minimum Gasteiger partial charge on any atom is -0.432 e. The first-order chi connectivity index (χ1) is 17.1. The number of nitrogens with one attached hydrogen (secondary N) is 1. The summed E-state index contributed by atoms with van der Waals surface area (Å²) in [4.78, 5) is 24.6. The minimum atomic E-state index is -2.73. The highest BCUT2D eigenvalue weighted by atomic mass is 35.5. The molecule has 1 spiro atoms. The Morgan fingerprint density at radius 1 is 1.25 bits per heavy atom. The Bertz CT molecular complexity index is 1260. The molecule has 3 heterocycles. The summed E-state index contributed by atoms with van der Waals surface area (Å²) in [7, 11) is -2.73. The van der Waals surface area contributed by atoms with E-state index in [1.54, 1.807) is 22.9 Å². The summed E-state index contributed by atoms with van der Waals surface area (Å²) in [5, 5.41) is 22.0. The van der Waals surface area contributed by atoms with Crippen LogP contribution < -0.4 is 5.32 Å². The molecular weight excluding hydrogens is 496 g/mol. The van der Waals surface area contributed by atoms with E-state index in [4.69, 9.17) is 16.3 Å². The van der Waals surface area contributed by atoms with Crippen LogP contribution in [0.1, 0.15) is 36.1 Å². The molecule has 3 N–H and O–H groups in total. The van der Waals surface area contributed by atoms with E-state index in [-0.39, 0.29) is 36.0 Å². The van der Waals surface area contributed by atoms with Gasteiger partial charge in [-0.2, -0.15) is 0 Å². The zero-order chi connectivity index (χ0) is 25.7. The second kappa shape index (κ2) is 9.39. The molecule has 0 aliphatic carbocycles. The van der Waals surface area contributed by atoms with Gasteiger partial charge >= 0.3 is 0 Å². The minimum absolute atomic E-state index is 0.0715. The van der Waals surface area contributed by atoms with Crippen LogP contribution in [0.4, 0.5) is 5.69 Å². The van der Waals surface area contributed by atoms with Crippen molar-refractivity contribution in [1.82, 2.24) is 15.0 Å². The molecule has 3 aromatic rings. The number of rotatable bonds is 7. The molecule has 1 saturated heterocycles. The zero-order valence-electron chi connectivity index (χ0n) is 20.6. The number of amides is 1. The molecule has 1 fully saturated rings. The second-order valence-corrected chi connectivity index (χ2v) is 14.8. The van der Waals surface area contributed by atoms with Gasteiger partial charge in [-0.15, -0.1) is 5.10 Å². The van der Waals surface area contributed by atoms with Crippen LogP contribution in [0.15, 0.2) is 54.7 Å². The topological polar surface area (TPSA) is 110 Å². The maximum Gasteiger partial charge on any atom is 0.261 e. The van der Waals surface area contributed by atoms with Crippen LogP contribution in [0.5, 0.6) is 0 Å². The van der Waals surface area contributed by atoms with Crippen molar-refractivity contribution in [2.45, 2.75) is 56.1 Å². The number of benzene rings is 2. The summed E-state index contributed by atoms with van der Waals surface area (Å²) >= 11 is 6.30. The number of anilines is 1. The van der Waals surface area contributed by atoms with Crippen LogP contribution >= 0.6 is 11.6 Å². The second-order valence-electron chi connectivity index (χ2n) is 10.3. The van der Waals surface area contributed by atoms with Gasteiger partial charge in [-0.25, -0.2) is 0 Å². The lowest BCUT2D eigenvalue weighted by Crippen LogP contribution is -2.43. The van der Waals surface area contributed by atoms with Crippen LogP contribution in [0, 0.1) is 5.92 Å². The predicted octanol–water partition coefficient (Wildman–Crippen LogP) is 3.90. The fourth-order valence-electron chi connectivity index (χ4n) is 6.04. The highest BCUT2D eigenvalue weighted by molar-refractivity contribution is 6.71. The molecule has 36 heavy (non-hydrogen) atoms. The molecular formula is C26H31ClN4O4Si. The van der Waals surface area contributed by atoms with Crippen molar-refractivity contribution >= 4 is 31.5 Å². The number of aryl methyl sites for hydroxylation is 1. The quantitative estimate of drug-likeness (QED) is 0.403. The maximum atomic E-state index is 13.3. The van der Waals surface area contributed by atoms with E-state index in [1.165, 1.54) is 0 Å². The fraction of sp³-hybridized carbons (Fsp3) is 0.423. The number of fused-ring (bicyclic) bond motifs is 2. The number of nitrogens with zero attached hydrogens (tertiary/aromatic N) is 3. The van der Waals surface area contributed by atoms with E-state index < -0.39 is 13.9 Å². The number of carbonyl (C=O) groups is 1. The van der Waals surface area contributed by atoms with E-state index in [1.807, 2.05) is 56.5 Å². The molecule has 8 nitrogen and oxygen atoms in total. The molecule has 0 saturated carbocycles. The normalized spacial score (nSPS) is 26.3. The van der Waals surface area contributed by atoms with Crippen molar-refractivity contribution < 1.29 is 19.4 Å². The Kier molecular flexibility index (Phi) is 6.55. The van der Waals surface area contributed by atoms with E-state index >= 15 is 0 Å². The number of hydrogen-bond acceptors (Lipinski definition) is 6. The molecule has 2 aliphatic rings. The number of halogens is 1. The highest BCUT2D eigenvalue weighted by Crippen LogP contribution is 2.58. The number of ether oxygens (including phenoxy) is 1. The number of aliphatic hydroxyl groups excluding tert-OH is 1. The summed E-state index contributed by atoms with van der Waals surface area (Å²) in [6.45, 7) is 6.21. The lowest BCUT2D eigenvalue weighted by molar-refractivity contribution is -0.143. The monoisotopic (exact) mass is 526 g/mol. The van der Waals surface area contributed by atoms with Gasteiger partial charge in [-0.3, -0.25) is 9.48 Å². The molecule has 5 atom stereocenters. The van der Waals surface area contributed by atoms with Crippen molar-refractivity contribution in [2.75, 3.05) is 11.9 Å². The van der Waals surface area contributed by atoms with Crippen molar-refractivity contribution in [2.24, 2.45) is 5.92 Å². The van der Waals surface area contributed by atoms with Gasteiger partial charge in [-0.1, -0.05) is 54.1 Å². The zero-order valence-corrected chi connectivity index (χ0v) is 22.3. The Labute approximate surface area is 216 Å². The van der Waals surface area contributed by atoms with Gasteiger partial charge < -0.3 is 20.0 Å². The van der Waals surface area contributed by atoms with Crippen LogP contribution in [-0.4, -0.2) is 51.8 Å². The highest BCUT2D eigenvalue weighted by Gasteiger charge is 2.64. The number of aliphatic hydroxyl groups is 1. The molecule has 0 bridgehead atoms. The standard InChI is InChI=1S/C26H31ClN4O4Si/c1-16-24(36(2,3)34)23(35-26(16)20-13-18(27)9-10-21(20)28-25(26)33)11-12-31-14-22(29-30-31)19(15-32)17-7-5-4-6-8-17/h4-10,13-14,16,19,23-24,32,34H,11-12,15H2,1-3H3,(H,28,33)/t16-,19?,23+,24-,26+/m1/s1. The number of carbonyl (C=O) groups excluding carboxylic acids is 1. The Morgan fingerprint density at radius 2 is 2.00 bits per heavy atom. The molecule has 5 rings (SSSR count). The third-order valence-electron chi connectivity index (χ3n) is 7.64. The molecule has 1 unspecified atom stereocenters. The first-order valence-electron chi connectivity index (χ1n) is 12.2. The van der Waals surface area contributed by atoms with Crippen molar-refractivity contribution in [3.8, 4) is 0 Å². The Balaban J connectivity index is 1.40. The molecule has 190 valence electrons. The summed E-state index contributed by atoms with van der Waals surface area (Å²) in [6.07, 6.45) is 2.04. The molecule has 2 aromatic carbocycles. The van der Waals surface area contributed by atoms with Gasteiger partial charge in [0, 0.05) is 40.5 Å². The first-order valence-corrected chi connectivity index (χ1v) is 15.6. The number of hydrogen-bond donors (Lipinski definition) is 3. The van der Waals surface area contributed by atoms with Crippen LogP contribution in [0.3, 0.4) is 0 Å². The molecule has 2 aliphatic heterocycles. The summed E-state index contributed by atoms with van der Waals surface area (Å²) < 4.78 is 8.36. The van der Waals surface area contributed by atoms with Crippen LogP contribution in [-0.2, 0) is 21.7 Å². The van der Waals surface area contributed by atoms with Gasteiger partial charge in [0.15, 0.2) is 13.9 Å². The van der Waals surface area contributed by atoms with Crippen molar-refractivity contribution in [1.29, 1.82) is 0 Å². The molecule has 0 radical (unpaired) electrons. The maximum absolute atomic E-state index is 13.3. The van der Waals surface area contributed by atoms with E-state index in [9.17, 15) is 14.7 Å². The largest absolute Gasteiger partial charge is 0.432 e. The van der Waals surface area contributed by atoms with Crippen molar-refractivity contribution in [3.05, 3.63) is 76.6 Å². The van der Waals surface area contributed by atoms with Gasteiger partial charge in [0.25, 0.3) is 5.91 Å². The van der Waals surface area contributed by atoms with Crippen molar-refractivity contribution in [3.63, 3.8) is 0 Å².